The van der Waals surface area contributed by atoms with Crippen molar-refractivity contribution in [1.82, 2.24) is 24.3 Å². The fourth-order valence-electron chi connectivity index (χ4n) is 3.06. The van der Waals surface area contributed by atoms with Crippen molar-refractivity contribution in [3.63, 3.8) is 0 Å². The second kappa shape index (κ2) is 5.05. The third kappa shape index (κ3) is 2.04. The number of nitrogens with zero attached hydrogens (tertiary/aromatic N) is 5. The Morgan fingerprint density at radius 3 is 2.52 bits per heavy atom. The van der Waals surface area contributed by atoms with E-state index in [-0.39, 0.29) is 0 Å². The van der Waals surface area contributed by atoms with Gasteiger partial charge in [-0.25, -0.2) is 9.67 Å². The number of rotatable bonds is 2. The summed E-state index contributed by atoms with van der Waals surface area (Å²) < 4.78 is 4.08. The van der Waals surface area contributed by atoms with E-state index in [1.165, 1.54) is 0 Å². The molecule has 4 rings (SSSR count). The average Bonchev–Trinajstić information content (AvgIpc) is 3.05. The van der Waals surface area contributed by atoms with Gasteiger partial charge >= 0.3 is 0 Å². The van der Waals surface area contributed by atoms with Crippen molar-refractivity contribution in [2.45, 2.75) is 13.8 Å². The van der Waals surface area contributed by atoms with Crippen molar-refractivity contribution in [3.05, 3.63) is 60.2 Å². The summed E-state index contributed by atoms with van der Waals surface area (Å²) in [6.07, 6.45) is 3.59. The zero-order valence-electron chi connectivity index (χ0n) is 13.4. The highest BCUT2D eigenvalue weighted by molar-refractivity contribution is 5.80. The molecule has 0 saturated heterocycles. The van der Waals surface area contributed by atoms with Crippen molar-refractivity contribution >= 4 is 11.0 Å². The zero-order valence-corrected chi connectivity index (χ0v) is 13.4. The van der Waals surface area contributed by atoms with Gasteiger partial charge < -0.3 is 4.57 Å². The maximum atomic E-state index is 4.76. The number of aromatic nitrogens is 5. The van der Waals surface area contributed by atoms with E-state index in [2.05, 4.69) is 28.6 Å². The van der Waals surface area contributed by atoms with Crippen molar-refractivity contribution in [2.75, 3.05) is 0 Å². The van der Waals surface area contributed by atoms with Crippen LogP contribution in [0, 0.1) is 13.8 Å². The van der Waals surface area contributed by atoms with E-state index in [9.17, 15) is 0 Å². The number of aryl methyl sites for hydroxylation is 2. The summed E-state index contributed by atoms with van der Waals surface area (Å²) in [6, 6.07) is 12.1. The fourth-order valence-corrected chi connectivity index (χ4v) is 3.06. The summed E-state index contributed by atoms with van der Waals surface area (Å²) in [7, 11) is 2.03. The summed E-state index contributed by atoms with van der Waals surface area (Å²) >= 11 is 0. The number of hydrogen-bond acceptors (Lipinski definition) is 3. The molecule has 0 atom stereocenters. The summed E-state index contributed by atoms with van der Waals surface area (Å²) in [5.74, 6) is 0.921. The average molecular weight is 303 g/mol. The third-order valence-electron chi connectivity index (χ3n) is 4.20. The molecule has 0 spiro atoms. The predicted octanol–water partition coefficient (Wildman–Crippen LogP) is 3.44. The van der Waals surface area contributed by atoms with Crippen molar-refractivity contribution in [3.8, 4) is 17.1 Å². The normalized spacial score (nSPS) is 11.3. The molecule has 0 bridgehead atoms. The van der Waals surface area contributed by atoms with Gasteiger partial charge in [0.15, 0.2) is 0 Å². The first-order valence-electron chi connectivity index (χ1n) is 7.55. The number of hydrogen-bond donors (Lipinski definition) is 0. The zero-order chi connectivity index (χ0) is 16.0. The Kier molecular flexibility index (Phi) is 3.01. The Morgan fingerprint density at radius 2 is 1.78 bits per heavy atom. The van der Waals surface area contributed by atoms with Crippen LogP contribution >= 0.6 is 0 Å². The van der Waals surface area contributed by atoms with E-state index >= 15 is 0 Å². The summed E-state index contributed by atoms with van der Waals surface area (Å²) in [6.45, 7) is 4.11. The van der Waals surface area contributed by atoms with Crippen LogP contribution in [0.3, 0.4) is 0 Å². The number of fused-ring (bicyclic) bond motifs is 1. The van der Waals surface area contributed by atoms with Crippen molar-refractivity contribution in [1.29, 1.82) is 0 Å². The molecular formula is C18H17N5. The largest absolute Gasteiger partial charge is 0.327 e. The molecule has 114 valence electrons. The Morgan fingerprint density at radius 1 is 1.00 bits per heavy atom. The van der Waals surface area contributed by atoms with E-state index in [0.29, 0.717) is 0 Å². The Balaban J connectivity index is 1.96. The molecule has 0 aliphatic heterocycles. The highest BCUT2D eigenvalue weighted by Gasteiger charge is 2.19. The predicted molar refractivity (Wildman–Crippen MR) is 90.5 cm³/mol. The summed E-state index contributed by atoms with van der Waals surface area (Å²) in [5.41, 5.74) is 6.16. The fraction of sp³-hybridized carbons (Fsp3) is 0.167. The van der Waals surface area contributed by atoms with Gasteiger partial charge in [0, 0.05) is 13.2 Å². The molecule has 3 aromatic heterocycles. The highest BCUT2D eigenvalue weighted by atomic mass is 15.3. The molecule has 0 aliphatic rings. The quantitative estimate of drug-likeness (QED) is 0.570. The standard InChI is InChI=1S/C18H17N5/c1-12-17(13(2)23(21-12)14-7-5-4-6-8-14)18-20-15-11-19-10-9-16(15)22(18)3/h4-11H,1-3H3. The van der Waals surface area contributed by atoms with Crippen LogP contribution in [0.15, 0.2) is 48.8 Å². The van der Waals surface area contributed by atoms with E-state index in [4.69, 9.17) is 10.1 Å². The minimum absolute atomic E-state index is 0.899. The molecular weight excluding hydrogens is 286 g/mol. The maximum Gasteiger partial charge on any atom is 0.144 e. The number of para-hydroxylation sites is 1. The van der Waals surface area contributed by atoms with Gasteiger partial charge in [-0.05, 0) is 32.0 Å². The second-order valence-corrected chi connectivity index (χ2v) is 5.65. The molecule has 0 N–H and O–H groups in total. The highest BCUT2D eigenvalue weighted by Crippen LogP contribution is 2.29. The molecule has 23 heavy (non-hydrogen) atoms. The van der Waals surface area contributed by atoms with Gasteiger partial charge in [-0.1, -0.05) is 18.2 Å². The Labute approximate surface area is 134 Å². The van der Waals surface area contributed by atoms with Gasteiger partial charge in [0.1, 0.15) is 11.3 Å². The van der Waals surface area contributed by atoms with E-state index < -0.39 is 0 Å². The van der Waals surface area contributed by atoms with Gasteiger partial charge in [0.2, 0.25) is 0 Å². The monoisotopic (exact) mass is 303 g/mol. The van der Waals surface area contributed by atoms with Gasteiger partial charge in [-0.15, -0.1) is 0 Å². The molecule has 4 aromatic rings. The molecule has 5 heteroatoms. The molecule has 0 radical (unpaired) electrons. The first-order chi connectivity index (χ1) is 11.2. The molecule has 5 nitrogen and oxygen atoms in total. The lowest BCUT2D eigenvalue weighted by Gasteiger charge is -2.05. The van der Waals surface area contributed by atoms with E-state index in [1.807, 2.05) is 42.9 Å². The first kappa shape index (κ1) is 13.7. The molecule has 0 unspecified atom stereocenters. The van der Waals surface area contributed by atoms with Crippen LogP contribution in [-0.4, -0.2) is 24.3 Å². The second-order valence-electron chi connectivity index (χ2n) is 5.65. The van der Waals surface area contributed by atoms with Crippen LogP contribution in [0.5, 0.6) is 0 Å². The van der Waals surface area contributed by atoms with E-state index in [0.717, 1.165) is 39.5 Å². The summed E-state index contributed by atoms with van der Waals surface area (Å²) in [4.78, 5) is 8.92. The third-order valence-corrected chi connectivity index (χ3v) is 4.20. The van der Waals surface area contributed by atoms with Crippen LogP contribution in [-0.2, 0) is 7.05 Å². The Bertz CT molecular complexity index is 995. The number of pyridine rings is 1. The maximum absolute atomic E-state index is 4.76. The van der Waals surface area contributed by atoms with Crippen LogP contribution in [0.25, 0.3) is 28.1 Å². The lowest BCUT2D eigenvalue weighted by Crippen LogP contribution is -1.99. The van der Waals surface area contributed by atoms with Gasteiger partial charge in [0.05, 0.1) is 34.4 Å². The number of benzene rings is 1. The van der Waals surface area contributed by atoms with E-state index in [1.54, 1.807) is 12.4 Å². The van der Waals surface area contributed by atoms with Crippen LogP contribution in [0.1, 0.15) is 11.4 Å². The lowest BCUT2D eigenvalue weighted by atomic mass is 10.2. The minimum atomic E-state index is 0.899. The van der Waals surface area contributed by atoms with Crippen LogP contribution in [0.2, 0.25) is 0 Å². The van der Waals surface area contributed by atoms with Gasteiger partial charge in [0.25, 0.3) is 0 Å². The van der Waals surface area contributed by atoms with Gasteiger partial charge in [-0.2, -0.15) is 5.10 Å². The van der Waals surface area contributed by atoms with Crippen LogP contribution < -0.4 is 0 Å². The lowest BCUT2D eigenvalue weighted by molar-refractivity contribution is 0.833. The minimum Gasteiger partial charge on any atom is -0.327 e. The number of imidazole rings is 1. The van der Waals surface area contributed by atoms with Crippen LogP contribution in [0.4, 0.5) is 0 Å². The molecule has 3 heterocycles. The first-order valence-corrected chi connectivity index (χ1v) is 7.55. The molecule has 0 amide bonds. The summed E-state index contributed by atoms with van der Waals surface area (Å²) in [5, 5.41) is 4.72. The molecule has 0 fully saturated rings. The topological polar surface area (TPSA) is 48.5 Å². The molecule has 0 aliphatic carbocycles. The molecule has 1 aromatic carbocycles. The molecule has 0 saturated carbocycles. The SMILES string of the molecule is Cc1nn(-c2ccccc2)c(C)c1-c1nc2cnccc2n1C. The van der Waals surface area contributed by atoms with Gasteiger partial charge in [-0.3, -0.25) is 4.98 Å². The van der Waals surface area contributed by atoms with Crippen molar-refractivity contribution in [2.24, 2.45) is 7.05 Å². The smallest absolute Gasteiger partial charge is 0.144 e. The van der Waals surface area contributed by atoms with Crippen molar-refractivity contribution < 1.29 is 0 Å². The Hall–Kier alpha value is -2.95.